The molecule has 0 spiro atoms. The van der Waals surface area contributed by atoms with Gasteiger partial charge in [0, 0.05) is 5.56 Å². The Morgan fingerprint density at radius 3 is 2.22 bits per heavy atom. The Morgan fingerprint density at radius 1 is 1.00 bits per heavy atom. The van der Waals surface area contributed by atoms with Crippen molar-refractivity contribution in [3.8, 4) is 5.75 Å². The van der Waals surface area contributed by atoms with E-state index in [9.17, 15) is 8.78 Å². The Labute approximate surface area is 104 Å². The third-order valence-electron chi connectivity index (χ3n) is 2.76. The third kappa shape index (κ3) is 2.49. The summed E-state index contributed by atoms with van der Waals surface area (Å²) in [5.74, 6) is -0.214. The monoisotopic (exact) mass is 249 g/mol. The molecule has 0 aliphatic rings. The maximum absolute atomic E-state index is 13.3. The van der Waals surface area contributed by atoms with Crippen LogP contribution in [0.15, 0.2) is 42.5 Å². The Balaban J connectivity index is 2.41. The lowest BCUT2D eigenvalue weighted by Gasteiger charge is -2.16. The zero-order valence-corrected chi connectivity index (χ0v) is 9.86. The molecule has 2 N–H and O–H groups in total. The van der Waals surface area contributed by atoms with Gasteiger partial charge >= 0.3 is 0 Å². The van der Waals surface area contributed by atoms with E-state index in [1.165, 1.54) is 37.4 Å². The van der Waals surface area contributed by atoms with Crippen molar-refractivity contribution in [1.82, 2.24) is 0 Å². The maximum atomic E-state index is 13.3. The molecule has 18 heavy (non-hydrogen) atoms. The summed E-state index contributed by atoms with van der Waals surface area (Å²) in [6.45, 7) is 0. The van der Waals surface area contributed by atoms with Gasteiger partial charge in [0.1, 0.15) is 17.4 Å². The van der Waals surface area contributed by atoms with E-state index in [2.05, 4.69) is 0 Å². The average molecular weight is 249 g/mol. The fourth-order valence-electron chi connectivity index (χ4n) is 1.80. The molecule has 0 aromatic heterocycles. The van der Waals surface area contributed by atoms with Crippen LogP contribution in [0.5, 0.6) is 5.75 Å². The fourth-order valence-corrected chi connectivity index (χ4v) is 1.80. The lowest BCUT2D eigenvalue weighted by Crippen LogP contribution is -2.13. The molecule has 0 saturated carbocycles. The van der Waals surface area contributed by atoms with Gasteiger partial charge in [-0.1, -0.05) is 12.1 Å². The molecule has 0 fully saturated rings. The molecule has 1 atom stereocenters. The zero-order valence-electron chi connectivity index (χ0n) is 9.86. The molecule has 0 aliphatic carbocycles. The number of ether oxygens (including phenoxy) is 1. The minimum absolute atomic E-state index is 0.336. The first-order chi connectivity index (χ1) is 8.61. The maximum Gasteiger partial charge on any atom is 0.124 e. The third-order valence-corrected chi connectivity index (χ3v) is 2.76. The van der Waals surface area contributed by atoms with Gasteiger partial charge < -0.3 is 10.5 Å². The van der Waals surface area contributed by atoms with Gasteiger partial charge in [0.2, 0.25) is 0 Å². The molecule has 2 aromatic carbocycles. The molecule has 0 amide bonds. The second kappa shape index (κ2) is 5.14. The number of hydrogen-bond acceptors (Lipinski definition) is 2. The summed E-state index contributed by atoms with van der Waals surface area (Å²) in [6, 6.07) is 9.38. The highest BCUT2D eigenvalue weighted by Gasteiger charge is 2.15. The number of nitrogens with two attached hydrogens (primary N) is 1. The molecule has 0 heterocycles. The van der Waals surface area contributed by atoms with E-state index in [1.54, 1.807) is 12.1 Å². The van der Waals surface area contributed by atoms with E-state index in [0.29, 0.717) is 16.9 Å². The molecule has 0 radical (unpaired) electrons. The summed E-state index contributed by atoms with van der Waals surface area (Å²) in [4.78, 5) is 0. The van der Waals surface area contributed by atoms with Crippen LogP contribution >= 0.6 is 0 Å². The first kappa shape index (κ1) is 12.5. The van der Waals surface area contributed by atoms with Gasteiger partial charge in [-0.3, -0.25) is 0 Å². The SMILES string of the molecule is COc1ccc(F)cc1C(N)c1ccc(F)cc1. The molecule has 0 aliphatic heterocycles. The summed E-state index contributed by atoms with van der Waals surface area (Å²) >= 11 is 0. The fraction of sp³-hybridized carbons (Fsp3) is 0.143. The highest BCUT2D eigenvalue weighted by atomic mass is 19.1. The van der Waals surface area contributed by atoms with Crippen LogP contribution in [0.3, 0.4) is 0 Å². The second-order valence-corrected chi connectivity index (χ2v) is 3.92. The average Bonchev–Trinajstić information content (AvgIpc) is 2.39. The van der Waals surface area contributed by atoms with Crippen LogP contribution in [0.1, 0.15) is 17.2 Å². The van der Waals surface area contributed by atoms with E-state index in [-0.39, 0.29) is 11.6 Å². The van der Waals surface area contributed by atoms with Crippen molar-refractivity contribution in [2.75, 3.05) is 7.11 Å². The summed E-state index contributed by atoms with van der Waals surface area (Å²) < 4.78 is 31.2. The highest BCUT2D eigenvalue weighted by molar-refractivity contribution is 5.41. The van der Waals surface area contributed by atoms with Gasteiger partial charge in [0.05, 0.1) is 13.2 Å². The number of benzene rings is 2. The quantitative estimate of drug-likeness (QED) is 0.907. The Hall–Kier alpha value is -1.94. The first-order valence-electron chi connectivity index (χ1n) is 5.46. The molecule has 2 rings (SSSR count). The van der Waals surface area contributed by atoms with Crippen molar-refractivity contribution in [3.63, 3.8) is 0 Å². The summed E-state index contributed by atoms with van der Waals surface area (Å²) in [6.07, 6.45) is 0. The Kier molecular flexibility index (Phi) is 3.58. The van der Waals surface area contributed by atoms with Crippen LogP contribution in [-0.2, 0) is 0 Å². The molecule has 0 bridgehead atoms. The minimum atomic E-state index is -0.559. The Morgan fingerprint density at radius 2 is 1.61 bits per heavy atom. The van der Waals surface area contributed by atoms with Crippen molar-refractivity contribution in [2.24, 2.45) is 5.73 Å². The Bertz CT molecular complexity index is 540. The lowest BCUT2D eigenvalue weighted by atomic mass is 9.98. The van der Waals surface area contributed by atoms with Crippen LogP contribution in [0.2, 0.25) is 0 Å². The minimum Gasteiger partial charge on any atom is -0.496 e. The summed E-state index contributed by atoms with van der Waals surface area (Å²) in [7, 11) is 1.49. The topological polar surface area (TPSA) is 35.2 Å². The molecular weight excluding hydrogens is 236 g/mol. The lowest BCUT2D eigenvalue weighted by molar-refractivity contribution is 0.406. The van der Waals surface area contributed by atoms with Crippen molar-refractivity contribution in [3.05, 3.63) is 65.2 Å². The van der Waals surface area contributed by atoms with Crippen LogP contribution in [0.25, 0.3) is 0 Å². The molecule has 94 valence electrons. The number of rotatable bonds is 3. The molecule has 2 nitrogen and oxygen atoms in total. The van der Waals surface area contributed by atoms with E-state index in [4.69, 9.17) is 10.5 Å². The van der Waals surface area contributed by atoms with Crippen molar-refractivity contribution in [2.45, 2.75) is 6.04 Å². The zero-order chi connectivity index (χ0) is 13.1. The molecule has 2 aromatic rings. The van der Waals surface area contributed by atoms with Gasteiger partial charge in [-0.25, -0.2) is 8.78 Å². The summed E-state index contributed by atoms with van der Waals surface area (Å²) in [5.41, 5.74) is 7.27. The van der Waals surface area contributed by atoms with Gasteiger partial charge in [-0.15, -0.1) is 0 Å². The predicted octanol–water partition coefficient (Wildman–Crippen LogP) is 3.02. The van der Waals surface area contributed by atoms with Gasteiger partial charge in [0.15, 0.2) is 0 Å². The second-order valence-electron chi connectivity index (χ2n) is 3.92. The van der Waals surface area contributed by atoms with Crippen molar-refractivity contribution in [1.29, 1.82) is 0 Å². The van der Waals surface area contributed by atoms with Crippen LogP contribution in [-0.4, -0.2) is 7.11 Å². The van der Waals surface area contributed by atoms with Crippen LogP contribution in [0.4, 0.5) is 8.78 Å². The van der Waals surface area contributed by atoms with Crippen molar-refractivity contribution >= 4 is 0 Å². The van der Waals surface area contributed by atoms with E-state index in [1.807, 2.05) is 0 Å². The van der Waals surface area contributed by atoms with Gasteiger partial charge in [0.25, 0.3) is 0 Å². The van der Waals surface area contributed by atoms with Crippen LogP contribution in [0, 0.1) is 11.6 Å². The van der Waals surface area contributed by atoms with Crippen LogP contribution < -0.4 is 10.5 Å². The number of hydrogen-bond donors (Lipinski definition) is 1. The molecule has 4 heteroatoms. The van der Waals surface area contributed by atoms with E-state index >= 15 is 0 Å². The number of methoxy groups -OCH3 is 1. The first-order valence-corrected chi connectivity index (χ1v) is 5.46. The van der Waals surface area contributed by atoms with Crippen molar-refractivity contribution < 1.29 is 13.5 Å². The van der Waals surface area contributed by atoms with Gasteiger partial charge in [-0.2, -0.15) is 0 Å². The molecule has 0 saturated heterocycles. The molecular formula is C14H13F2NO. The highest BCUT2D eigenvalue weighted by Crippen LogP contribution is 2.28. The number of halogens is 2. The smallest absolute Gasteiger partial charge is 0.124 e. The largest absolute Gasteiger partial charge is 0.496 e. The normalized spacial score (nSPS) is 12.2. The molecule has 1 unspecified atom stereocenters. The van der Waals surface area contributed by atoms with E-state index in [0.717, 1.165) is 0 Å². The van der Waals surface area contributed by atoms with Gasteiger partial charge in [-0.05, 0) is 35.9 Å². The van der Waals surface area contributed by atoms with E-state index < -0.39 is 6.04 Å². The predicted molar refractivity (Wildman–Crippen MR) is 65.4 cm³/mol. The standard InChI is InChI=1S/C14H13F2NO/c1-18-13-7-6-11(16)8-12(13)14(17)9-2-4-10(15)5-3-9/h2-8,14H,17H2,1H3. The summed E-state index contributed by atoms with van der Waals surface area (Å²) in [5, 5.41) is 0.